The Morgan fingerprint density at radius 1 is 1.32 bits per heavy atom. The Labute approximate surface area is 136 Å². The lowest BCUT2D eigenvalue weighted by atomic mass is 10.1. The number of amides is 1. The van der Waals surface area contributed by atoms with Gasteiger partial charge in [0.25, 0.3) is 5.91 Å². The van der Waals surface area contributed by atoms with Crippen molar-refractivity contribution in [2.45, 2.75) is 38.5 Å². The van der Waals surface area contributed by atoms with Crippen LogP contribution in [-0.4, -0.2) is 59.1 Å². The highest BCUT2D eigenvalue weighted by molar-refractivity contribution is 6.30. The van der Waals surface area contributed by atoms with E-state index in [4.69, 9.17) is 16.3 Å². The molecule has 0 spiro atoms. The molecule has 2 aliphatic heterocycles. The summed E-state index contributed by atoms with van der Waals surface area (Å²) in [6.07, 6.45) is 3.51. The summed E-state index contributed by atoms with van der Waals surface area (Å²) in [7, 11) is 0. The topological polar surface area (TPSA) is 45.7 Å². The van der Waals surface area contributed by atoms with E-state index in [1.807, 2.05) is 24.0 Å². The van der Waals surface area contributed by atoms with Gasteiger partial charge in [0.15, 0.2) is 0 Å². The summed E-state index contributed by atoms with van der Waals surface area (Å²) < 4.78 is 5.68. The number of halogens is 1. The number of nitrogens with zero attached hydrogens (tertiary/aromatic N) is 3. The van der Waals surface area contributed by atoms with Gasteiger partial charge < -0.3 is 9.64 Å². The van der Waals surface area contributed by atoms with Gasteiger partial charge in [0.05, 0.1) is 16.8 Å². The van der Waals surface area contributed by atoms with Crippen molar-refractivity contribution in [3.63, 3.8) is 0 Å². The molecule has 0 unspecified atom stereocenters. The molecule has 2 saturated heterocycles. The van der Waals surface area contributed by atoms with Gasteiger partial charge in [-0.2, -0.15) is 0 Å². The molecule has 0 radical (unpaired) electrons. The van der Waals surface area contributed by atoms with Gasteiger partial charge in [0.1, 0.15) is 6.10 Å². The van der Waals surface area contributed by atoms with Gasteiger partial charge in [0.2, 0.25) is 0 Å². The lowest BCUT2D eigenvalue weighted by Crippen LogP contribution is -2.51. The first kappa shape index (κ1) is 15.7. The van der Waals surface area contributed by atoms with Gasteiger partial charge in [-0.1, -0.05) is 11.6 Å². The molecule has 120 valence electrons. The molecule has 2 atom stereocenters. The van der Waals surface area contributed by atoms with Crippen LogP contribution in [-0.2, 0) is 16.1 Å². The average Bonchev–Trinajstić information content (AvgIpc) is 2.96. The second-order valence-electron chi connectivity index (χ2n) is 6.08. The van der Waals surface area contributed by atoms with Crippen LogP contribution < -0.4 is 0 Å². The smallest absolute Gasteiger partial charge is 0.251 e. The predicted molar refractivity (Wildman–Crippen MR) is 84.7 cm³/mol. The summed E-state index contributed by atoms with van der Waals surface area (Å²) in [5, 5.41) is 0.657. The summed E-state index contributed by atoms with van der Waals surface area (Å²) in [6.45, 7) is 6.11. The zero-order chi connectivity index (χ0) is 15.5. The number of pyridine rings is 1. The predicted octanol–water partition coefficient (Wildman–Crippen LogP) is 1.95. The fourth-order valence-electron chi connectivity index (χ4n) is 3.04. The quantitative estimate of drug-likeness (QED) is 0.853. The van der Waals surface area contributed by atoms with E-state index in [1.165, 1.54) is 0 Å². The Morgan fingerprint density at radius 3 is 2.68 bits per heavy atom. The molecule has 1 aromatic rings. The highest BCUT2D eigenvalue weighted by atomic mass is 35.5. The zero-order valence-corrected chi connectivity index (χ0v) is 13.6. The Bertz CT molecular complexity index is 515. The Morgan fingerprint density at radius 2 is 2.09 bits per heavy atom. The molecule has 0 saturated carbocycles. The number of aromatic nitrogens is 1. The molecule has 0 aliphatic carbocycles. The van der Waals surface area contributed by atoms with Gasteiger partial charge in [0, 0.05) is 38.9 Å². The van der Waals surface area contributed by atoms with E-state index in [-0.39, 0.29) is 18.1 Å². The van der Waals surface area contributed by atoms with Crippen molar-refractivity contribution >= 4 is 17.5 Å². The molecule has 1 aromatic heterocycles. The summed E-state index contributed by atoms with van der Waals surface area (Å²) >= 11 is 5.85. The number of rotatable bonds is 3. The van der Waals surface area contributed by atoms with Crippen LogP contribution in [0.25, 0.3) is 0 Å². The zero-order valence-electron chi connectivity index (χ0n) is 12.9. The number of carbonyl (C=O) groups is 1. The molecule has 0 bridgehead atoms. The first-order chi connectivity index (χ1) is 10.6. The third kappa shape index (κ3) is 3.77. The molecule has 0 aromatic carbocycles. The van der Waals surface area contributed by atoms with Crippen LogP contribution >= 0.6 is 11.6 Å². The molecule has 1 amide bonds. The van der Waals surface area contributed by atoms with Crippen LogP contribution in [0.2, 0.25) is 5.02 Å². The number of carbonyl (C=O) groups excluding carboxylic acids is 1. The summed E-state index contributed by atoms with van der Waals surface area (Å²) in [6, 6.07) is 3.82. The molecule has 2 aliphatic rings. The fraction of sp³-hybridized carbons (Fsp3) is 0.625. The minimum atomic E-state index is -0.223. The van der Waals surface area contributed by atoms with E-state index in [0.717, 1.165) is 51.3 Å². The van der Waals surface area contributed by atoms with Gasteiger partial charge in [-0.25, -0.2) is 0 Å². The van der Waals surface area contributed by atoms with Crippen LogP contribution in [0.3, 0.4) is 0 Å². The van der Waals surface area contributed by atoms with Crippen LogP contribution in [0.5, 0.6) is 0 Å². The SMILES string of the molecule is C[C@H]1CC[C@H](C(=O)N2CCN(Cc3ccc(Cl)cn3)CC2)O1. The minimum absolute atomic E-state index is 0.161. The second-order valence-corrected chi connectivity index (χ2v) is 6.52. The molecule has 6 heteroatoms. The molecule has 3 rings (SSSR count). The van der Waals surface area contributed by atoms with E-state index >= 15 is 0 Å². The Kier molecular flexibility index (Phi) is 4.96. The molecule has 2 fully saturated rings. The van der Waals surface area contributed by atoms with Crippen molar-refractivity contribution in [3.05, 3.63) is 29.0 Å². The minimum Gasteiger partial charge on any atom is -0.365 e. The molecule has 22 heavy (non-hydrogen) atoms. The van der Waals surface area contributed by atoms with Gasteiger partial charge >= 0.3 is 0 Å². The highest BCUT2D eigenvalue weighted by Crippen LogP contribution is 2.21. The number of ether oxygens (including phenoxy) is 1. The maximum Gasteiger partial charge on any atom is 0.251 e. The summed E-state index contributed by atoms with van der Waals surface area (Å²) in [5.41, 5.74) is 1.01. The van der Waals surface area contributed by atoms with E-state index < -0.39 is 0 Å². The van der Waals surface area contributed by atoms with Crippen molar-refractivity contribution in [1.82, 2.24) is 14.8 Å². The number of hydrogen-bond donors (Lipinski definition) is 0. The summed E-state index contributed by atoms with van der Waals surface area (Å²) in [4.78, 5) is 21.0. The standard InChI is InChI=1S/C16H22ClN3O2/c1-12-2-5-15(22-12)16(21)20-8-6-19(7-9-20)11-14-4-3-13(17)10-18-14/h3-4,10,12,15H,2,5-9,11H2,1H3/t12-,15+/m0/s1. The maximum atomic E-state index is 12.4. The van der Waals surface area contributed by atoms with E-state index in [1.54, 1.807) is 6.20 Å². The monoisotopic (exact) mass is 323 g/mol. The van der Waals surface area contributed by atoms with Crippen LogP contribution in [0.1, 0.15) is 25.5 Å². The molecule has 5 nitrogen and oxygen atoms in total. The second kappa shape index (κ2) is 6.94. The lowest BCUT2D eigenvalue weighted by molar-refractivity contribution is -0.144. The lowest BCUT2D eigenvalue weighted by Gasteiger charge is -2.35. The number of piperazine rings is 1. The van der Waals surface area contributed by atoms with Crippen molar-refractivity contribution < 1.29 is 9.53 Å². The summed E-state index contributed by atoms with van der Waals surface area (Å²) in [5.74, 6) is 0.161. The van der Waals surface area contributed by atoms with E-state index in [9.17, 15) is 4.79 Å². The van der Waals surface area contributed by atoms with Crippen molar-refractivity contribution in [3.8, 4) is 0 Å². The third-order valence-electron chi connectivity index (χ3n) is 4.37. The molecule has 0 N–H and O–H groups in total. The largest absolute Gasteiger partial charge is 0.365 e. The van der Waals surface area contributed by atoms with Crippen molar-refractivity contribution in [2.75, 3.05) is 26.2 Å². The highest BCUT2D eigenvalue weighted by Gasteiger charge is 2.32. The van der Waals surface area contributed by atoms with Gasteiger partial charge in [-0.3, -0.25) is 14.7 Å². The first-order valence-corrected chi connectivity index (χ1v) is 8.26. The van der Waals surface area contributed by atoms with Gasteiger partial charge in [-0.05, 0) is 31.9 Å². The first-order valence-electron chi connectivity index (χ1n) is 7.89. The van der Waals surface area contributed by atoms with Crippen LogP contribution in [0.15, 0.2) is 18.3 Å². The average molecular weight is 324 g/mol. The normalized spacial score (nSPS) is 26.4. The molecule has 3 heterocycles. The molecular formula is C16H22ClN3O2. The number of hydrogen-bond acceptors (Lipinski definition) is 4. The van der Waals surface area contributed by atoms with Crippen LogP contribution in [0, 0.1) is 0 Å². The van der Waals surface area contributed by atoms with Crippen molar-refractivity contribution in [2.24, 2.45) is 0 Å². The van der Waals surface area contributed by atoms with Crippen molar-refractivity contribution in [1.29, 1.82) is 0 Å². The third-order valence-corrected chi connectivity index (χ3v) is 4.59. The Hall–Kier alpha value is -1.17. The molecular weight excluding hydrogens is 302 g/mol. The fourth-order valence-corrected chi connectivity index (χ4v) is 3.16. The van der Waals surface area contributed by atoms with E-state index in [0.29, 0.717) is 5.02 Å². The van der Waals surface area contributed by atoms with E-state index in [2.05, 4.69) is 9.88 Å². The van der Waals surface area contributed by atoms with Crippen LogP contribution in [0.4, 0.5) is 0 Å². The Balaban J connectivity index is 1.48. The van der Waals surface area contributed by atoms with Gasteiger partial charge in [-0.15, -0.1) is 0 Å². The maximum absolute atomic E-state index is 12.4.